The maximum absolute atomic E-state index is 10.8. The Bertz CT molecular complexity index is 553. The Morgan fingerprint density at radius 2 is 1.47 bits per heavy atom. The first-order chi connectivity index (χ1) is 9.18. The summed E-state index contributed by atoms with van der Waals surface area (Å²) < 4.78 is 5.56. The number of rotatable bonds is 3. The molecular weight excluding hydrogens is 242 g/mol. The highest BCUT2D eigenvalue weighted by Gasteiger charge is 2.14. The Labute approximate surface area is 112 Å². The molecule has 4 nitrogen and oxygen atoms in total. The van der Waals surface area contributed by atoms with Crippen LogP contribution in [-0.4, -0.2) is 4.92 Å². The van der Waals surface area contributed by atoms with Crippen LogP contribution in [0, 0.1) is 17.0 Å². The normalized spacial score (nSPS) is 9.21. The number of nitro benzene ring substituents is 1. The van der Waals surface area contributed by atoms with E-state index in [2.05, 4.69) is 0 Å². The average molecular weight is 259 g/mol. The van der Waals surface area contributed by atoms with E-state index in [1.165, 1.54) is 6.07 Å². The molecule has 2 aromatic rings. The van der Waals surface area contributed by atoms with Crippen molar-refractivity contribution in [2.24, 2.45) is 0 Å². The van der Waals surface area contributed by atoms with Gasteiger partial charge in [-0.05, 0) is 24.6 Å². The first-order valence-corrected chi connectivity index (χ1v) is 6.15. The van der Waals surface area contributed by atoms with E-state index in [9.17, 15) is 10.1 Å². The van der Waals surface area contributed by atoms with Gasteiger partial charge in [0, 0.05) is 6.07 Å². The molecule has 0 aliphatic heterocycles. The van der Waals surface area contributed by atoms with E-state index < -0.39 is 4.92 Å². The minimum Gasteiger partial charge on any atom is -0.450 e. The summed E-state index contributed by atoms with van der Waals surface area (Å²) in [5.74, 6) is 0.883. The van der Waals surface area contributed by atoms with Crippen molar-refractivity contribution < 1.29 is 9.66 Å². The Morgan fingerprint density at radius 3 is 2.05 bits per heavy atom. The fourth-order valence-corrected chi connectivity index (χ4v) is 1.48. The van der Waals surface area contributed by atoms with Crippen LogP contribution in [-0.2, 0) is 0 Å². The molecule has 0 aliphatic carbocycles. The zero-order chi connectivity index (χ0) is 14.3. The van der Waals surface area contributed by atoms with Crippen LogP contribution in [0.2, 0.25) is 0 Å². The molecule has 100 valence electrons. The standard InChI is InChI=1S/C13H11NO3.C2H6/c1-10-6-2-4-8-12(10)17-13-9-5-3-7-11(13)14(15)16;1-2/h2-9H,1H3;1-2H3. The number of hydrogen-bond acceptors (Lipinski definition) is 3. The quantitative estimate of drug-likeness (QED) is 0.591. The Balaban J connectivity index is 0.000000861. The number of aryl methyl sites for hydroxylation is 1. The third-order valence-electron chi connectivity index (χ3n) is 2.38. The van der Waals surface area contributed by atoms with E-state index in [1.807, 2.05) is 39.0 Å². The summed E-state index contributed by atoms with van der Waals surface area (Å²) in [5, 5.41) is 10.8. The van der Waals surface area contributed by atoms with Gasteiger partial charge in [-0.2, -0.15) is 0 Å². The summed E-state index contributed by atoms with van der Waals surface area (Å²) in [7, 11) is 0. The van der Waals surface area contributed by atoms with Crippen LogP contribution in [0.15, 0.2) is 48.5 Å². The second kappa shape index (κ2) is 7.16. The molecule has 4 heteroatoms. The van der Waals surface area contributed by atoms with Crippen LogP contribution < -0.4 is 4.74 Å². The van der Waals surface area contributed by atoms with E-state index in [0.29, 0.717) is 5.75 Å². The van der Waals surface area contributed by atoms with E-state index >= 15 is 0 Å². The van der Waals surface area contributed by atoms with Gasteiger partial charge in [-0.15, -0.1) is 0 Å². The zero-order valence-corrected chi connectivity index (χ0v) is 11.3. The summed E-state index contributed by atoms with van der Waals surface area (Å²) in [6, 6.07) is 13.7. The van der Waals surface area contributed by atoms with E-state index in [1.54, 1.807) is 24.3 Å². The van der Waals surface area contributed by atoms with Crippen LogP contribution in [0.5, 0.6) is 11.5 Å². The maximum atomic E-state index is 10.8. The fourth-order valence-electron chi connectivity index (χ4n) is 1.48. The zero-order valence-electron chi connectivity index (χ0n) is 11.3. The smallest absolute Gasteiger partial charge is 0.311 e. The molecule has 0 bridgehead atoms. The molecule has 0 unspecified atom stereocenters. The van der Waals surface area contributed by atoms with Crippen LogP contribution in [0.3, 0.4) is 0 Å². The second-order valence-corrected chi connectivity index (χ2v) is 3.59. The molecule has 0 atom stereocenters. The van der Waals surface area contributed by atoms with Crippen LogP contribution in [0.4, 0.5) is 5.69 Å². The maximum Gasteiger partial charge on any atom is 0.311 e. The molecule has 0 saturated heterocycles. The van der Waals surface area contributed by atoms with Crippen LogP contribution in [0.1, 0.15) is 19.4 Å². The molecule has 0 heterocycles. The van der Waals surface area contributed by atoms with Gasteiger partial charge in [-0.25, -0.2) is 0 Å². The lowest BCUT2D eigenvalue weighted by Crippen LogP contribution is -1.93. The van der Waals surface area contributed by atoms with Gasteiger partial charge in [0.2, 0.25) is 5.75 Å². The van der Waals surface area contributed by atoms with Crippen molar-refractivity contribution in [2.45, 2.75) is 20.8 Å². The first-order valence-electron chi connectivity index (χ1n) is 6.15. The largest absolute Gasteiger partial charge is 0.450 e. The first kappa shape index (κ1) is 14.7. The molecule has 0 N–H and O–H groups in total. The molecule has 0 aliphatic rings. The van der Waals surface area contributed by atoms with Gasteiger partial charge in [-0.3, -0.25) is 10.1 Å². The summed E-state index contributed by atoms with van der Waals surface area (Å²) in [6.07, 6.45) is 0. The predicted molar refractivity (Wildman–Crippen MR) is 75.7 cm³/mol. The minimum atomic E-state index is -0.451. The molecule has 0 amide bonds. The van der Waals surface area contributed by atoms with Crippen molar-refractivity contribution in [1.29, 1.82) is 0 Å². The summed E-state index contributed by atoms with van der Waals surface area (Å²) in [4.78, 5) is 10.4. The number of para-hydroxylation sites is 3. The van der Waals surface area contributed by atoms with Gasteiger partial charge < -0.3 is 4.74 Å². The summed E-state index contributed by atoms with van der Waals surface area (Å²) in [6.45, 7) is 5.89. The molecule has 2 rings (SSSR count). The van der Waals surface area contributed by atoms with Crippen molar-refractivity contribution in [3.63, 3.8) is 0 Å². The van der Waals surface area contributed by atoms with Crippen molar-refractivity contribution in [2.75, 3.05) is 0 Å². The van der Waals surface area contributed by atoms with Gasteiger partial charge in [-0.1, -0.05) is 44.2 Å². The molecule has 0 fully saturated rings. The number of nitro groups is 1. The van der Waals surface area contributed by atoms with Crippen molar-refractivity contribution >= 4 is 5.69 Å². The number of hydrogen-bond donors (Lipinski definition) is 0. The van der Waals surface area contributed by atoms with Crippen LogP contribution in [0.25, 0.3) is 0 Å². The molecule has 0 spiro atoms. The lowest BCUT2D eigenvalue weighted by molar-refractivity contribution is -0.385. The summed E-state index contributed by atoms with van der Waals surface area (Å²) >= 11 is 0. The topological polar surface area (TPSA) is 52.4 Å². The SMILES string of the molecule is CC.Cc1ccccc1Oc1ccccc1[N+](=O)[O-]. The van der Waals surface area contributed by atoms with Gasteiger partial charge in [0.15, 0.2) is 0 Å². The second-order valence-electron chi connectivity index (χ2n) is 3.59. The van der Waals surface area contributed by atoms with Gasteiger partial charge in [0.1, 0.15) is 5.75 Å². The number of nitrogens with zero attached hydrogens (tertiary/aromatic N) is 1. The van der Waals surface area contributed by atoms with Gasteiger partial charge >= 0.3 is 5.69 Å². The highest BCUT2D eigenvalue weighted by Crippen LogP contribution is 2.31. The van der Waals surface area contributed by atoms with E-state index in [0.717, 1.165) is 5.56 Å². The fraction of sp³-hybridized carbons (Fsp3) is 0.200. The molecule has 19 heavy (non-hydrogen) atoms. The van der Waals surface area contributed by atoms with Gasteiger partial charge in [0.25, 0.3) is 0 Å². The number of benzene rings is 2. The molecule has 2 aromatic carbocycles. The monoisotopic (exact) mass is 259 g/mol. The Morgan fingerprint density at radius 1 is 0.947 bits per heavy atom. The lowest BCUT2D eigenvalue weighted by Gasteiger charge is -2.08. The third kappa shape index (κ3) is 3.81. The minimum absolute atomic E-state index is 0.0317. The van der Waals surface area contributed by atoms with E-state index in [4.69, 9.17) is 4.74 Å². The third-order valence-corrected chi connectivity index (χ3v) is 2.38. The van der Waals surface area contributed by atoms with Gasteiger partial charge in [0.05, 0.1) is 4.92 Å². The summed E-state index contributed by atoms with van der Waals surface area (Å²) in [5.41, 5.74) is 0.904. The molecule has 0 radical (unpaired) electrons. The molecule has 0 aromatic heterocycles. The lowest BCUT2D eigenvalue weighted by atomic mass is 10.2. The van der Waals surface area contributed by atoms with Crippen LogP contribution >= 0.6 is 0 Å². The average Bonchev–Trinajstić information content (AvgIpc) is 2.44. The Kier molecular flexibility index (Phi) is 5.54. The molecular formula is C15H17NO3. The number of ether oxygens (including phenoxy) is 1. The van der Waals surface area contributed by atoms with Crippen molar-refractivity contribution in [1.82, 2.24) is 0 Å². The molecule has 0 saturated carbocycles. The predicted octanol–water partition coefficient (Wildman–Crippen LogP) is 4.72. The highest BCUT2D eigenvalue weighted by atomic mass is 16.6. The Hall–Kier alpha value is -2.36. The van der Waals surface area contributed by atoms with Crippen molar-refractivity contribution in [3.05, 3.63) is 64.2 Å². The van der Waals surface area contributed by atoms with E-state index in [-0.39, 0.29) is 11.4 Å². The van der Waals surface area contributed by atoms with Crippen molar-refractivity contribution in [3.8, 4) is 11.5 Å². The highest BCUT2D eigenvalue weighted by molar-refractivity contribution is 5.49.